The van der Waals surface area contributed by atoms with E-state index in [1.807, 2.05) is 4.90 Å². The van der Waals surface area contributed by atoms with Gasteiger partial charge >= 0.3 is 0 Å². The second-order valence-electron chi connectivity index (χ2n) is 2.75. The number of rotatable bonds is 3. The van der Waals surface area contributed by atoms with E-state index in [0.717, 1.165) is 26.2 Å². The molecule has 1 fully saturated rings. The van der Waals surface area contributed by atoms with Crippen LogP contribution in [0.3, 0.4) is 0 Å². The number of hydrogen-bond acceptors (Lipinski definition) is 4. The second-order valence-corrected chi connectivity index (χ2v) is 2.75. The van der Waals surface area contributed by atoms with Crippen LogP contribution in [0.2, 0.25) is 0 Å². The Morgan fingerprint density at radius 2 is 2.17 bits per heavy atom. The standard InChI is InChI=1S/C7H15N3O2/c8-12-6-1-7(11)10-4-2-9-3-5-10/h9H,1-6,8H2. The monoisotopic (exact) mass is 173 g/mol. The van der Waals surface area contributed by atoms with E-state index in [1.165, 1.54) is 0 Å². The number of carbonyl (C=O) groups excluding carboxylic acids is 1. The highest BCUT2D eigenvalue weighted by Gasteiger charge is 2.14. The minimum Gasteiger partial charge on any atom is -0.340 e. The Kier molecular flexibility index (Phi) is 3.99. The van der Waals surface area contributed by atoms with Gasteiger partial charge in [0.15, 0.2) is 0 Å². The zero-order valence-electron chi connectivity index (χ0n) is 7.08. The van der Waals surface area contributed by atoms with Crippen LogP contribution in [0.1, 0.15) is 6.42 Å². The average molecular weight is 173 g/mol. The average Bonchev–Trinajstić information content (AvgIpc) is 2.15. The molecule has 0 bridgehead atoms. The van der Waals surface area contributed by atoms with E-state index in [1.54, 1.807) is 0 Å². The third-order valence-corrected chi connectivity index (χ3v) is 1.90. The zero-order valence-corrected chi connectivity index (χ0v) is 7.08. The summed E-state index contributed by atoms with van der Waals surface area (Å²) in [5, 5.41) is 3.18. The third-order valence-electron chi connectivity index (χ3n) is 1.90. The van der Waals surface area contributed by atoms with E-state index < -0.39 is 0 Å². The predicted octanol–water partition coefficient (Wildman–Crippen LogP) is -1.30. The van der Waals surface area contributed by atoms with Gasteiger partial charge in [-0.3, -0.25) is 4.79 Å². The highest BCUT2D eigenvalue weighted by molar-refractivity contribution is 5.76. The van der Waals surface area contributed by atoms with Gasteiger partial charge in [0.1, 0.15) is 0 Å². The van der Waals surface area contributed by atoms with Gasteiger partial charge in [-0.05, 0) is 0 Å². The van der Waals surface area contributed by atoms with Gasteiger partial charge in [-0.25, -0.2) is 5.90 Å². The molecule has 1 heterocycles. The summed E-state index contributed by atoms with van der Waals surface area (Å²) in [6.07, 6.45) is 0.385. The zero-order chi connectivity index (χ0) is 8.81. The van der Waals surface area contributed by atoms with Crippen molar-refractivity contribution in [3.8, 4) is 0 Å². The molecule has 70 valence electrons. The first-order valence-electron chi connectivity index (χ1n) is 4.15. The molecule has 0 radical (unpaired) electrons. The van der Waals surface area contributed by atoms with Gasteiger partial charge in [0.25, 0.3) is 0 Å². The lowest BCUT2D eigenvalue weighted by Gasteiger charge is -2.27. The van der Waals surface area contributed by atoms with Crippen molar-refractivity contribution in [3.05, 3.63) is 0 Å². The molecule has 3 N–H and O–H groups in total. The number of piperazine rings is 1. The van der Waals surface area contributed by atoms with Crippen LogP contribution in [0.5, 0.6) is 0 Å². The lowest BCUT2D eigenvalue weighted by atomic mass is 10.3. The second kappa shape index (κ2) is 5.08. The topological polar surface area (TPSA) is 67.6 Å². The first-order valence-corrected chi connectivity index (χ1v) is 4.15. The summed E-state index contributed by atoms with van der Waals surface area (Å²) >= 11 is 0. The summed E-state index contributed by atoms with van der Waals surface area (Å²) in [5.41, 5.74) is 0. The molecule has 1 aliphatic rings. The Bertz CT molecular complexity index is 146. The van der Waals surface area contributed by atoms with Gasteiger partial charge in [0.05, 0.1) is 13.0 Å². The van der Waals surface area contributed by atoms with Crippen LogP contribution < -0.4 is 11.2 Å². The van der Waals surface area contributed by atoms with Gasteiger partial charge in [0.2, 0.25) is 5.91 Å². The molecule has 0 aromatic rings. The predicted molar refractivity (Wildman–Crippen MR) is 44.2 cm³/mol. The Balaban J connectivity index is 2.20. The number of carbonyl (C=O) groups is 1. The molecule has 0 aromatic carbocycles. The van der Waals surface area contributed by atoms with Gasteiger partial charge in [-0.15, -0.1) is 0 Å². The number of amides is 1. The molecule has 12 heavy (non-hydrogen) atoms. The smallest absolute Gasteiger partial charge is 0.225 e. The number of nitrogens with two attached hydrogens (primary N) is 1. The molecular weight excluding hydrogens is 158 g/mol. The Morgan fingerprint density at radius 3 is 2.75 bits per heavy atom. The highest BCUT2D eigenvalue weighted by atomic mass is 16.6. The lowest BCUT2D eigenvalue weighted by molar-refractivity contribution is -0.132. The summed E-state index contributed by atoms with van der Waals surface area (Å²) in [6.45, 7) is 3.67. The maximum atomic E-state index is 11.3. The number of nitrogens with zero attached hydrogens (tertiary/aromatic N) is 1. The van der Waals surface area contributed by atoms with Crippen molar-refractivity contribution in [2.75, 3.05) is 32.8 Å². The highest BCUT2D eigenvalue weighted by Crippen LogP contribution is 1.96. The molecule has 0 saturated carbocycles. The third kappa shape index (κ3) is 2.77. The Morgan fingerprint density at radius 1 is 1.50 bits per heavy atom. The fraction of sp³-hybridized carbons (Fsp3) is 0.857. The first kappa shape index (κ1) is 9.44. The molecule has 0 aromatic heterocycles. The van der Waals surface area contributed by atoms with E-state index in [-0.39, 0.29) is 5.91 Å². The normalized spacial score (nSPS) is 17.9. The molecule has 1 aliphatic heterocycles. The van der Waals surface area contributed by atoms with Crippen molar-refractivity contribution in [2.45, 2.75) is 6.42 Å². The molecule has 0 unspecified atom stereocenters. The van der Waals surface area contributed by atoms with Crippen LogP contribution in [0.15, 0.2) is 0 Å². The van der Waals surface area contributed by atoms with Crippen LogP contribution in [0.25, 0.3) is 0 Å². The van der Waals surface area contributed by atoms with Crippen molar-refractivity contribution in [3.63, 3.8) is 0 Å². The summed E-state index contributed by atoms with van der Waals surface area (Å²) in [4.78, 5) is 17.5. The molecule has 0 aliphatic carbocycles. The van der Waals surface area contributed by atoms with Crippen LogP contribution >= 0.6 is 0 Å². The van der Waals surface area contributed by atoms with E-state index in [2.05, 4.69) is 10.2 Å². The van der Waals surface area contributed by atoms with Crippen molar-refractivity contribution < 1.29 is 9.63 Å². The number of hydrogen-bond donors (Lipinski definition) is 2. The van der Waals surface area contributed by atoms with E-state index in [9.17, 15) is 4.79 Å². The molecule has 5 heteroatoms. The maximum Gasteiger partial charge on any atom is 0.225 e. The fourth-order valence-electron chi connectivity index (χ4n) is 1.22. The molecule has 1 saturated heterocycles. The summed E-state index contributed by atoms with van der Waals surface area (Å²) in [6, 6.07) is 0. The Hall–Kier alpha value is -0.650. The van der Waals surface area contributed by atoms with E-state index in [0.29, 0.717) is 13.0 Å². The van der Waals surface area contributed by atoms with Gasteiger partial charge in [0, 0.05) is 26.2 Å². The fourth-order valence-corrected chi connectivity index (χ4v) is 1.22. The molecule has 5 nitrogen and oxygen atoms in total. The van der Waals surface area contributed by atoms with Crippen LogP contribution in [-0.4, -0.2) is 43.6 Å². The van der Waals surface area contributed by atoms with Crippen molar-refractivity contribution in [1.82, 2.24) is 10.2 Å². The summed E-state index contributed by atoms with van der Waals surface area (Å²) < 4.78 is 0. The number of nitrogens with one attached hydrogen (secondary N) is 1. The van der Waals surface area contributed by atoms with E-state index >= 15 is 0 Å². The maximum absolute atomic E-state index is 11.3. The van der Waals surface area contributed by atoms with E-state index in [4.69, 9.17) is 5.90 Å². The molecular formula is C7H15N3O2. The van der Waals surface area contributed by atoms with Crippen LogP contribution in [0.4, 0.5) is 0 Å². The summed E-state index contributed by atoms with van der Waals surface area (Å²) in [5.74, 6) is 4.95. The van der Waals surface area contributed by atoms with Gasteiger partial charge < -0.3 is 15.1 Å². The van der Waals surface area contributed by atoms with Crippen molar-refractivity contribution in [1.29, 1.82) is 0 Å². The van der Waals surface area contributed by atoms with Gasteiger partial charge in [-0.1, -0.05) is 0 Å². The van der Waals surface area contributed by atoms with Crippen LogP contribution in [0, 0.1) is 0 Å². The van der Waals surface area contributed by atoms with Crippen molar-refractivity contribution >= 4 is 5.91 Å². The largest absolute Gasteiger partial charge is 0.340 e. The summed E-state index contributed by atoms with van der Waals surface area (Å²) in [7, 11) is 0. The Labute approximate surface area is 71.8 Å². The molecule has 0 atom stereocenters. The lowest BCUT2D eigenvalue weighted by Crippen LogP contribution is -2.46. The minimum atomic E-state index is 0.127. The van der Waals surface area contributed by atoms with Crippen LogP contribution in [-0.2, 0) is 9.63 Å². The molecule has 1 amide bonds. The minimum absolute atomic E-state index is 0.127. The van der Waals surface area contributed by atoms with Gasteiger partial charge in [-0.2, -0.15) is 0 Å². The first-order chi connectivity index (χ1) is 5.84. The van der Waals surface area contributed by atoms with Crippen molar-refractivity contribution in [2.24, 2.45) is 5.90 Å². The SMILES string of the molecule is NOCCC(=O)N1CCNCC1. The quantitative estimate of drug-likeness (QED) is 0.520. The molecule has 0 spiro atoms. The molecule has 1 rings (SSSR count).